The zero-order valence-electron chi connectivity index (χ0n) is 17.3. The normalized spacial score (nSPS) is 16.4. The van der Waals surface area contributed by atoms with Gasteiger partial charge >= 0.3 is 12.2 Å². The van der Waals surface area contributed by atoms with Crippen LogP contribution in [0.25, 0.3) is 0 Å². The fourth-order valence-corrected chi connectivity index (χ4v) is 3.77. The third-order valence-corrected chi connectivity index (χ3v) is 5.74. The van der Waals surface area contributed by atoms with Crippen LogP contribution in [0, 0.1) is 5.92 Å². The third kappa shape index (κ3) is 6.01. The minimum absolute atomic E-state index is 0.0866. The number of hydrazone groups is 1. The van der Waals surface area contributed by atoms with Crippen molar-refractivity contribution in [3.63, 3.8) is 0 Å². The summed E-state index contributed by atoms with van der Waals surface area (Å²) in [7, 11) is 1.61. The highest BCUT2D eigenvalue weighted by molar-refractivity contribution is 7.98. The van der Waals surface area contributed by atoms with Gasteiger partial charge in [0.25, 0.3) is 0 Å². The molecule has 0 bridgehead atoms. The molecule has 2 amide bonds. The predicted molar refractivity (Wildman–Crippen MR) is 117 cm³/mol. The quantitative estimate of drug-likeness (QED) is 0.433. The number of methoxy groups -OCH3 is 1. The number of amides is 2. The zero-order chi connectivity index (χ0) is 22.4. The molecule has 0 spiro atoms. The molecule has 0 fully saturated rings. The summed E-state index contributed by atoms with van der Waals surface area (Å²) in [5, 5.41) is 8.61. The summed E-state index contributed by atoms with van der Waals surface area (Å²) in [4.78, 5) is 13.8. The van der Waals surface area contributed by atoms with Crippen molar-refractivity contribution in [3.05, 3.63) is 59.7 Å². The molecule has 0 saturated carbocycles. The predicted octanol–water partition coefficient (Wildman–Crippen LogP) is 5.72. The number of hydrogen-bond acceptors (Lipinski definition) is 4. The molecule has 3 rings (SSSR count). The lowest BCUT2D eigenvalue weighted by Gasteiger charge is -2.15. The average Bonchev–Trinajstić information content (AvgIpc) is 3.18. The van der Waals surface area contributed by atoms with Gasteiger partial charge in [0.1, 0.15) is 0 Å². The van der Waals surface area contributed by atoms with Gasteiger partial charge in [0.2, 0.25) is 0 Å². The summed E-state index contributed by atoms with van der Waals surface area (Å²) in [6.45, 7) is 0.916. The molecule has 5 nitrogen and oxygen atoms in total. The summed E-state index contributed by atoms with van der Waals surface area (Å²) in [5.74, 6) is -0.0866. The number of nitrogens with zero attached hydrogens (tertiary/aromatic N) is 2. The Kier molecular flexibility index (Phi) is 7.61. The number of anilines is 1. The van der Waals surface area contributed by atoms with E-state index in [2.05, 4.69) is 10.4 Å². The topological polar surface area (TPSA) is 53.9 Å². The number of halogens is 3. The van der Waals surface area contributed by atoms with Crippen molar-refractivity contribution < 1.29 is 22.7 Å². The molecular formula is C22H24F3N3O2S. The molecule has 0 radical (unpaired) electrons. The molecule has 1 unspecified atom stereocenters. The highest BCUT2D eigenvalue weighted by Crippen LogP contribution is 2.31. The first-order valence-electron chi connectivity index (χ1n) is 9.79. The van der Waals surface area contributed by atoms with E-state index in [1.165, 1.54) is 17.1 Å². The fourth-order valence-electron chi connectivity index (χ4n) is 3.36. The van der Waals surface area contributed by atoms with E-state index in [0.717, 1.165) is 23.4 Å². The van der Waals surface area contributed by atoms with Crippen LogP contribution in [0.15, 0.2) is 58.5 Å². The molecular weight excluding hydrogens is 427 g/mol. The largest absolute Gasteiger partial charge is 0.416 e. The van der Waals surface area contributed by atoms with E-state index < -0.39 is 11.7 Å². The molecule has 2 aromatic carbocycles. The molecule has 0 saturated heterocycles. The van der Waals surface area contributed by atoms with Gasteiger partial charge in [-0.15, -0.1) is 11.8 Å². The van der Waals surface area contributed by atoms with E-state index in [1.807, 2.05) is 30.5 Å². The Bertz CT molecular complexity index is 915. The lowest BCUT2D eigenvalue weighted by Crippen LogP contribution is -2.30. The van der Waals surface area contributed by atoms with Crippen molar-refractivity contribution in [2.45, 2.75) is 23.9 Å². The molecule has 1 aliphatic rings. The molecule has 1 atom stereocenters. The highest BCUT2D eigenvalue weighted by Gasteiger charge is 2.33. The van der Waals surface area contributed by atoms with Gasteiger partial charge in [0.15, 0.2) is 0 Å². The zero-order valence-corrected chi connectivity index (χ0v) is 18.1. The van der Waals surface area contributed by atoms with E-state index in [9.17, 15) is 18.0 Å². The summed E-state index contributed by atoms with van der Waals surface area (Å²) < 4.78 is 43.8. The van der Waals surface area contributed by atoms with E-state index in [1.54, 1.807) is 18.9 Å². The van der Waals surface area contributed by atoms with Crippen molar-refractivity contribution >= 4 is 29.2 Å². The summed E-state index contributed by atoms with van der Waals surface area (Å²) in [5.41, 5.74) is 1.12. The Morgan fingerprint density at radius 3 is 2.45 bits per heavy atom. The van der Waals surface area contributed by atoms with Crippen LogP contribution in [0.5, 0.6) is 0 Å². The lowest BCUT2D eigenvalue weighted by atomic mass is 9.93. The van der Waals surface area contributed by atoms with Crippen molar-refractivity contribution in [3.8, 4) is 0 Å². The van der Waals surface area contributed by atoms with Crippen LogP contribution in [-0.2, 0) is 10.9 Å². The van der Waals surface area contributed by atoms with Crippen molar-refractivity contribution in [1.29, 1.82) is 0 Å². The maximum Gasteiger partial charge on any atom is 0.416 e. The Balaban J connectivity index is 1.77. The second-order valence-electron chi connectivity index (χ2n) is 7.13. The molecule has 31 heavy (non-hydrogen) atoms. The molecule has 2 aromatic rings. The van der Waals surface area contributed by atoms with E-state index in [0.29, 0.717) is 36.5 Å². The SMILES string of the molecule is COCCCC1CN(C(=O)Nc2ccc(SC)cc2)N=C1c1ccc(C(F)(F)F)cc1. The minimum atomic E-state index is -4.40. The standard InChI is InChI=1S/C22H24F3N3O2S/c1-30-13-3-4-16-14-28(21(29)26-18-9-11-19(31-2)12-10-18)27-20(16)15-5-7-17(8-6-15)22(23,24)25/h5-12,16H,3-4,13-14H2,1-2H3,(H,26,29). The van der Waals surface area contributed by atoms with Crippen LogP contribution in [0.2, 0.25) is 0 Å². The second-order valence-corrected chi connectivity index (χ2v) is 8.01. The number of rotatable bonds is 7. The van der Waals surface area contributed by atoms with Crippen molar-refractivity contribution in [2.24, 2.45) is 11.0 Å². The number of ether oxygens (including phenoxy) is 1. The summed E-state index contributed by atoms with van der Waals surface area (Å²) >= 11 is 1.61. The smallest absolute Gasteiger partial charge is 0.385 e. The number of hydrogen-bond donors (Lipinski definition) is 1. The van der Waals surface area contributed by atoms with Crippen molar-refractivity contribution in [2.75, 3.05) is 31.8 Å². The van der Waals surface area contributed by atoms with Gasteiger partial charge in [0, 0.05) is 30.2 Å². The molecule has 166 valence electrons. The summed E-state index contributed by atoms with van der Waals surface area (Å²) in [6.07, 6.45) is -0.961. The molecule has 0 aliphatic carbocycles. The minimum Gasteiger partial charge on any atom is -0.385 e. The van der Waals surface area contributed by atoms with E-state index in [4.69, 9.17) is 4.74 Å². The molecule has 0 aromatic heterocycles. The van der Waals surface area contributed by atoms with Gasteiger partial charge in [0.05, 0.1) is 17.8 Å². The molecule has 1 aliphatic heterocycles. The number of carbonyl (C=O) groups excluding carboxylic acids is 1. The van der Waals surface area contributed by atoms with Gasteiger partial charge < -0.3 is 10.1 Å². The first kappa shape index (κ1) is 23.1. The number of urea groups is 1. The number of benzene rings is 2. The number of thioether (sulfide) groups is 1. The van der Waals surface area contributed by atoms with E-state index in [-0.39, 0.29) is 11.9 Å². The Morgan fingerprint density at radius 2 is 1.87 bits per heavy atom. The Morgan fingerprint density at radius 1 is 1.19 bits per heavy atom. The molecule has 9 heteroatoms. The maximum absolute atomic E-state index is 12.9. The lowest BCUT2D eigenvalue weighted by molar-refractivity contribution is -0.137. The van der Waals surface area contributed by atoms with Crippen LogP contribution in [0.4, 0.5) is 23.7 Å². The van der Waals surface area contributed by atoms with Crippen LogP contribution < -0.4 is 5.32 Å². The van der Waals surface area contributed by atoms with Gasteiger partial charge in [-0.1, -0.05) is 12.1 Å². The summed E-state index contributed by atoms with van der Waals surface area (Å²) in [6, 6.07) is 12.0. The van der Waals surface area contributed by atoms with Crippen LogP contribution in [0.3, 0.4) is 0 Å². The fraction of sp³-hybridized carbons (Fsp3) is 0.364. The van der Waals surface area contributed by atoms with Crippen LogP contribution >= 0.6 is 11.8 Å². The molecule has 1 N–H and O–H groups in total. The molecule has 1 heterocycles. The Hall–Kier alpha value is -2.52. The number of alkyl halides is 3. The van der Waals surface area contributed by atoms with Gasteiger partial charge in [-0.2, -0.15) is 18.3 Å². The van der Waals surface area contributed by atoms with Gasteiger partial charge in [-0.05, 0) is 61.1 Å². The number of carbonyl (C=O) groups is 1. The third-order valence-electron chi connectivity index (χ3n) is 4.99. The average molecular weight is 452 g/mol. The van der Waals surface area contributed by atoms with E-state index >= 15 is 0 Å². The first-order chi connectivity index (χ1) is 14.8. The van der Waals surface area contributed by atoms with Crippen molar-refractivity contribution in [1.82, 2.24) is 5.01 Å². The monoisotopic (exact) mass is 451 g/mol. The number of nitrogens with one attached hydrogen (secondary N) is 1. The Labute approximate surface area is 183 Å². The van der Waals surface area contributed by atoms with Gasteiger partial charge in [-0.25, -0.2) is 9.80 Å². The second kappa shape index (κ2) is 10.2. The van der Waals surface area contributed by atoms with Crippen LogP contribution in [0.1, 0.15) is 24.0 Å². The van der Waals surface area contributed by atoms with Gasteiger partial charge in [-0.3, -0.25) is 0 Å². The highest BCUT2D eigenvalue weighted by atomic mass is 32.2. The van der Waals surface area contributed by atoms with Crippen LogP contribution in [-0.4, -0.2) is 43.3 Å². The first-order valence-corrected chi connectivity index (χ1v) is 11.0. The maximum atomic E-state index is 12.9.